The van der Waals surface area contributed by atoms with Gasteiger partial charge in [0.15, 0.2) is 0 Å². The van der Waals surface area contributed by atoms with Crippen LogP contribution in [0.4, 0.5) is 0 Å². The maximum Gasteiger partial charge on any atom is 0.326 e. The Morgan fingerprint density at radius 1 is 1.21 bits per heavy atom. The number of likely N-dealkylation sites (tertiary alicyclic amines) is 1. The van der Waals surface area contributed by atoms with E-state index < -0.39 is 35.9 Å². The van der Waals surface area contributed by atoms with Crippen LogP contribution in [-0.2, 0) is 25.6 Å². The lowest BCUT2D eigenvalue weighted by molar-refractivity contribution is -0.145. The topological polar surface area (TPSA) is 158 Å². The Hall–Kier alpha value is -3.40. The molecule has 1 aliphatic rings. The third-order valence-corrected chi connectivity index (χ3v) is 5.99. The summed E-state index contributed by atoms with van der Waals surface area (Å²) in [6.07, 6.45) is 2.88. The summed E-state index contributed by atoms with van der Waals surface area (Å²) >= 11 is 0. The fourth-order valence-electron chi connectivity index (χ4n) is 4.22. The average Bonchev–Trinajstić information content (AvgIpc) is 3.43. The molecule has 1 aromatic carbocycles. The van der Waals surface area contributed by atoms with Crippen molar-refractivity contribution in [2.24, 2.45) is 11.7 Å². The van der Waals surface area contributed by atoms with Gasteiger partial charge in [0.2, 0.25) is 17.7 Å². The van der Waals surface area contributed by atoms with Gasteiger partial charge < -0.3 is 31.4 Å². The molecule has 1 saturated heterocycles. The van der Waals surface area contributed by atoms with E-state index in [1.54, 1.807) is 20.0 Å². The van der Waals surface area contributed by atoms with Gasteiger partial charge in [0.05, 0.1) is 6.54 Å². The van der Waals surface area contributed by atoms with Crippen LogP contribution >= 0.6 is 0 Å². The molecule has 33 heavy (non-hydrogen) atoms. The highest BCUT2D eigenvalue weighted by Crippen LogP contribution is 2.22. The fraction of sp³-hybridized carbons (Fsp3) is 0.478. The van der Waals surface area contributed by atoms with Crippen molar-refractivity contribution in [3.8, 4) is 0 Å². The molecule has 3 atom stereocenters. The van der Waals surface area contributed by atoms with Gasteiger partial charge in [-0.25, -0.2) is 4.79 Å². The Kier molecular flexibility index (Phi) is 7.70. The highest BCUT2D eigenvalue weighted by atomic mass is 16.4. The second kappa shape index (κ2) is 10.5. The molecule has 178 valence electrons. The zero-order chi connectivity index (χ0) is 24.1. The lowest BCUT2D eigenvalue weighted by atomic mass is 10.0. The number of aromatic nitrogens is 1. The highest BCUT2D eigenvalue weighted by molar-refractivity contribution is 5.94. The minimum absolute atomic E-state index is 0.104. The molecule has 0 bridgehead atoms. The first-order valence-corrected chi connectivity index (χ1v) is 11.1. The summed E-state index contributed by atoms with van der Waals surface area (Å²) in [7, 11) is 0. The summed E-state index contributed by atoms with van der Waals surface area (Å²) < 4.78 is 0. The Labute approximate surface area is 191 Å². The van der Waals surface area contributed by atoms with E-state index in [9.17, 15) is 24.3 Å². The SMILES string of the molecule is CC(C)C(NC(=O)CN)C(=O)N1CCCC1C(=O)NC(Cc1c[nH]c2ccccc12)C(=O)O. The molecule has 0 saturated carbocycles. The van der Waals surface area contributed by atoms with Gasteiger partial charge in [0.25, 0.3) is 0 Å². The second-order valence-corrected chi connectivity index (χ2v) is 8.65. The molecule has 3 unspecified atom stereocenters. The first-order valence-electron chi connectivity index (χ1n) is 11.1. The smallest absolute Gasteiger partial charge is 0.326 e. The van der Waals surface area contributed by atoms with Crippen LogP contribution in [0.3, 0.4) is 0 Å². The van der Waals surface area contributed by atoms with Gasteiger partial charge >= 0.3 is 5.97 Å². The first kappa shape index (κ1) is 24.2. The number of rotatable bonds is 9. The van der Waals surface area contributed by atoms with Crippen molar-refractivity contribution in [1.29, 1.82) is 0 Å². The van der Waals surface area contributed by atoms with E-state index in [1.807, 2.05) is 24.3 Å². The monoisotopic (exact) mass is 457 g/mol. The third-order valence-electron chi connectivity index (χ3n) is 5.99. The Morgan fingerprint density at radius 3 is 2.61 bits per heavy atom. The molecular weight excluding hydrogens is 426 g/mol. The van der Waals surface area contributed by atoms with Gasteiger partial charge in [0.1, 0.15) is 18.1 Å². The number of aromatic amines is 1. The minimum Gasteiger partial charge on any atom is -0.480 e. The van der Waals surface area contributed by atoms with Gasteiger partial charge in [-0.1, -0.05) is 32.0 Å². The number of aliphatic carboxylic acids is 1. The minimum atomic E-state index is -1.15. The lowest BCUT2D eigenvalue weighted by Crippen LogP contribution is -2.57. The van der Waals surface area contributed by atoms with Crippen molar-refractivity contribution >= 4 is 34.6 Å². The molecule has 6 N–H and O–H groups in total. The van der Waals surface area contributed by atoms with Crippen molar-refractivity contribution in [2.75, 3.05) is 13.1 Å². The number of carbonyl (C=O) groups is 4. The van der Waals surface area contributed by atoms with E-state index in [-0.39, 0.29) is 24.8 Å². The molecule has 10 nitrogen and oxygen atoms in total. The van der Waals surface area contributed by atoms with E-state index in [2.05, 4.69) is 15.6 Å². The standard InChI is InChI=1S/C23H31N5O5/c1-13(2)20(27-19(29)11-24)22(31)28-9-5-8-18(28)21(30)26-17(23(32)33)10-14-12-25-16-7-4-3-6-15(14)16/h3-4,6-7,12-13,17-18,20,25H,5,8-11,24H2,1-2H3,(H,26,30)(H,27,29)(H,32,33). The highest BCUT2D eigenvalue weighted by Gasteiger charge is 2.39. The van der Waals surface area contributed by atoms with Crippen LogP contribution in [0.25, 0.3) is 10.9 Å². The number of carboxylic acid groups (broad SMARTS) is 1. The van der Waals surface area contributed by atoms with Crippen LogP contribution in [0.2, 0.25) is 0 Å². The van der Waals surface area contributed by atoms with Crippen molar-refractivity contribution in [3.63, 3.8) is 0 Å². The zero-order valence-electron chi connectivity index (χ0n) is 18.8. The normalized spacial score (nSPS) is 17.7. The number of carboxylic acids is 1. The maximum absolute atomic E-state index is 13.1. The molecule has 0 aliphatic carbocycles. The van der Waals surface area contributed by atoms with Crippen LogP contribution in [0.5, 0.6) is 0 Å². The lowest BCUT2D eigenvalue weighted by Gasteiger charge is -2.31. The summed E-state index contributed by atoms with van der Waals surface area (Å²) in [5.41, 5.74) is 7.03. The Bertz CT molecular complexity index is 1030. The number of H-pyrrole nitrogens is 1. The summed E-state index contributed by atoms with van der Waals surface area (Å²) in [6, 6.07) is 4.78. The largest absolute Gasteiger partial charge is 0.480 e. The summed E-state index contributed by atoms with van der Waals surface area (Å²) in [6.45, 7) is 3.71. The second-order valence-electron chi connectivity index (χ2n) is 8.65. The molecule has 2 heterocycles. The van der Waals surface area contributed by atoms with Gasteiger partial charge in [-0.2, -0.15) is 0 Å². The van der Waals surface area contributed by atoms with Crippen molar-refractivity contribution < 1.29 is 24.3 Å². The number of amides is 3. The summed E-state index contributed by atoms with van der Waals surface area (Å²) in [4.78, 5) is 54.4. The third kappa shape index (κ3) is 5.51. The predicted octanol–water partition coefficient (Wildman–Crippen LogP) is 0.370. The molecule has 1 aliphatic heterocycles. The van der Waals surface area contributed by atoms with Crippen molar-refractivity contribution in [2.45, 2.75) is 51.2 Å². The van der Waals surface area contributed by atoms with E-state index in [4.69, 9.17) is 5.73 Å². The van der Waals surface area contributed by atoms with E-state index in [1.165, 1.54) is 4.90 Å². The van der Waals surface area contributed by atoms with Crippen LogP contribution in [0, 0.1) is 5.92 Å². The number of nitrogens with two attached hydrogens (primary N) is 1. The number of fused-ring (bicyclic) bond motifs is 1. The van der Waals surface area contributed by atoms with E-state index >= 15 is 0 Å². The molecule has 10 heteroatoms. The number of nitrogens with one attached hydrogen (secondary N) is 3. The number of para-hydroxylation sites is 1. The molecular formula is C23H31N5O5. The molecule has 1 fully saturated rings. The van der Waals surface area contributed by atoms with Crippen LogP contribution in [-0.4, -0.2) is 69.9 Å². The molecule has 1 aromatic heterocycles. The summed E-state index contributed by atoms with van der Waals surface area (Å²) in [5, 5.41) is 15.9. The first-order chi connectivity index (χ1) is 15.7. The van der Waals surface area contributed by atoms with Crippen LogP contribution < -0.4 is 16.4 Å². The van der Waals surface area contributed by atoms with Crippen LogP contribution in [0.15, 0.2) is 30.5 Å². The molecule has 0 radical (unpaired) electrons. The molecule has 3 amide bonds. The van der Waals surface area contributed by atoms with E-state index in [0.29, 0.717) is 19.4 Å². The zero-order valence-corrected chi connectivity index (χ0v) is 18.8. The van der Waals surface area contributed by atoms with Crippen LogP contribution in [0.1, 0.15) is 32.3 Å². The summed E-state index contributed by atoms with van der Waals surface area (Å²) in [5.74, 6) is -2.69. The molecule has 0 spiro atoms. The molecule has 3 rings (SSSR count). The number of hydrogen-bond donors (Lipinski definition) is 5. The maximum atomic E-state index is 13.1. The average molecular weight is 458 g/mol. The number of benzene rings is 1. The number of hydrogen-bond acceptors (Lipinski definition) is 5. The van der Waals surface area contributed by atoms with E-state index in [0.717, 1.165) is 16.5 Å². The van der Waals surface area contributed by atoms with Gasteiger partial charge in [-0.05, 0) is 30.4 Å². The van der Waals surface area contributed by atoms with Gasteiger partial charge in [-0.3, -0.25) is 14.4 Å². The quantitative estimate of drug-likeness (QED) is 0.366. The number of nitrogens with zero attached hydrogens (tertiary/aromatic N) is 1. The Morgan fingerprint density at radius 2 is 1.94 bits per heavy atom. The van der Waals surface area contributed by atoms with Gasteiger partial charge in [0, 0.05) is 30.1 Å². The van der Waals surface area contributed by atoms with Crippen molar-refractivity contribution in [3.05, 3.63) is 36.0 Å². The molecule has 2 aromatic rings. The number of carbonyl (C=O) groups excluding carboxylic acids is 3. The Balaban J connectivity index is 1.73. The fourth-order valence-corrected chi connectivity index (χ4v) is 4.22. The van der Waals surface area contributed by atoms with Gasteiger partial charge in [-0.15, -0.1) is 0 Å². The predicted molar refractivity (Wildman–Crippen MR) is 122 cm³/mol. The van der Waals surface area contributed by atoms with Crippen molar-refractivity contribution in [1.82, 2.24) is 20.5 Å².